The first-order valence-electron chi connectivity index (χ1n) is 7.74. The van der Waals surface area contributed by atoms with Crippen molar-refractivity contribution in [1.82, 2.24) is 14.7 Å². The van der Waals surface area contributed by atoms with Crippen LogP contribution < -0.4 is 0 Å². The zero-order valence-corrected chi connectivity index (χ0v) is 13.0. The number of amides is 2. The highest BCUT2D eigenvalue weighted by Gasteiger charge is 2.32. The summed E-state index contributed by atoms with van der Waals surface area (Å²) in [6, 6.07) is -0.0761. The number of likely N-dealkylation sites (tertiary alicyclic amines) is 2. The van der Waals surface area contributed by atoms with Gasteiger partial charge >= 0.3 is 0 Å². The molecule has 0 bridgehead atoms. The minimum Gasteiger partial charge on any atom is -0.347 e. The van der Waals surface area contributed by atoms with Crippen molar-refractivity contribution in [2.45, 2.75) is 38.6 Å². The minimum absolute atomic E-state index is 0.0761. The Morgan fingerprint density at radius 2 is 1.60 bits per heavy atom. The molecule has 0 aliphatic carbocycles. The molecule has 0 N–H and O–H groups in total. The number of nitrogens with zero attached hydrogens (tertiary/aromatic N) is 3. The molecule has 0 radical (unpaired) electrons. The molecule has 0 aromatic rings. The average Bonchev–Trinajstić information content (AvgIpc) is 2.99. The van der Waals surface area contributed by atoms with Gasteiger partial charge in [0.25, 0.3) is 0 Å². The molecule has 0 aromatic carbocycles. The molecule has 0 aromatic heterocycles. The summed E-state index contributed by atoms with van der Waals surface area (Å²) in [5.41, 5.74) is 0. The van der Waals surface area contributed by atoms with Crippen molar-refractivity contribution in [3.8, 4) is 0 Å². The van der Waals surface area contributed by atoms with Crippen molar-refractivity contribution in [3.63, 3.8) is 0 Å². The molecule has 0 saturated carbocycles. The van der Waals surface area contributed by atoms with E-state index >= 15 is 0 Å². The number of hydrogen-bond acceptors (Lipinski definition) is 3. The second-order valence-electron chi connectivity index (χ2n) is 6.25. The van der Waals surface area contributed by atoms with E-state index in [0.717, 1.165) is 51.9 Å². The van der Waals surface area contributed by atoms with Crippen LogP contribution in [0.5, 0.6) is 0 Å². The van der Waals surface area contributed by atoms with Crippen LogP contribution >= 0.6 is 0 Å². The highest BCUT2D eigenvalue weighted by atomic mass is 16.2. The number of likely N-dealkylation sites (N-methyl/N-ethyl adjacent to an activating group) is 1. The summed E-state index contributed by atoms with van der Waals surface area (Å²) in [6.45, 7) is 5.55. The summed E-state index contributed by atoms with van der Waals surface area (Å²) in [5, 5.41) is 0. The Bertz CT molecular complexity index is 356. The van der Waals surface area contributed by atoms with Gasteiger partial charge < -0.3 is 9.80 Å². The molecular weight excluding hydrogens is 254 g/mol. The van der Waals surface area contributed by atoms with E-state index in [-0.39, 0.29) is 17.9 Å². The van der Waals surface area contributed by atoms with E-state index in [1.54, 1.807) is 19.0 Å². The molecule has 1 atom stereocenters. The zero-order valence-electron chi connectivity index (χ0n) is 13.0. The summed E-state index contributed by atoms with van der Waals surface area (Å²) >= 11 is 0. The van der Waals surface area contributed by atoms with Crippen molar-refractivity contribution >= 4 is 11.8 Å². The summed E-state index contributed by atoms with van der Waals surface area (Å²) in [4.78, 5) is 30.2. The molecule has 2 aliphatic rings. The first-order chi connectivity index (χ1) is 9.50. The maximum atomic E-state index is 12.4. The molecule has 2 aliphatic heterocycles. The molecule has 1 unspecified atom stereocenters. The van der Waals surface area contributed by atoms with Gasteiger partial charge in [0.15, 0.2) is 0 Å². The van der Waals surface area contributed by atoms with Gasteiger partial charge in [0.2, 0.25) is 11.8 Å². The normalized spacial score (nSPS) is 22.9. The molecule has 2 fully saturated rings. The first-order valence-corrected chi connectivity index (χ1v) is 7.74. The van der Waals surface area contributed by atoms with E-state index in [4.69, 9.17) is 0 Å². The Hall–Kier alpha value is -1.10. The zero-order chi connectivity index (χ0) is 14.7. The maximum absolute atomic E-state index is 12.4. The lowest BCUT2D eigenvalue weighted by atomic mass is 9.94. The highest BCUT2D eigenvalue weighted by molar-refractivity contribution is 5.81. The van der Waals surface area contributed by atoms with Crippen LogP contribution in [0.4, 0.5) is 0 Å². The molecule has 20 heavy (non-hydrogen) atoms. The number of rotatable bonds is 3. The topological polar surface area (TPSA) is 43.9 Å². The fraction of sp³-hybridized carbons (Fsp3) is 0.867. The van der Waals surface area contributed by atoms with Crippen LogP contribution in [0.15, 0.2) is 0 Å². The third kappa shape index (κ3) is 3.32. The predicted octanol–water partition coefficient (Wildman–Crippen LogP) is 0.798. The standard InChI is InChI=1S/C15H27N3O2/c1-12(14(19)16(2)3)17-10-6-13(7-11-17)15(20)18-8-4-5-9-18/h12-13H,4-11H2,1-3H3. The molecule has 2 saturated heterocycles. The third-order valence-corrected chi connectivity index (χ3v) is 4.64. The van der Waals surface area contributed by atoms with Crippen molar-refractivity contribution in [2.24, 2.45) is 5.92 Å². The lowest BCUT2D eigenvalue weighted by Crippen LogP contribution is -2.49. The van der Waals surface area contributed by atoms with Crippen LogP contribution in [0.3, 0.4) is 0 Å². The van der Waals surface area contributed by atoms with Crippen LogP contribution in [0.2, 0.25) is 0 Å². The van der Waals surface area contributed by atoms with Gasteiger partial charge in [-0.15, -0.1) is 0 Å². The van der Waals surface area contributed by atoms with Gasteiger partial charge in [0.05, 0.1) is 6.04 Å². The fourth-order valence-electron chi connectivity index (χ4n) is 3.26. The third-order valence-electron chi connectivity index (χ3n) is 4.64. The molecule has 114 valence electrons. The van der Waals surface area contributed by atoms with Crippen LogP contribution in [-0.4, -0.2) is 72.8 Å². The number of carbonyl (C=O) groups is 2. The Morgan fingerprint density at radius 1 is 1.05 bits per heavy atom. The highest BCUT2D eigenvalue weighted by Crippen LogP contribution is 2.23. The quantitative estimate of drug-likeness (QED) is 0.768. The van der Waals surface area contributed by atoms with Crippen LogP contribution in [0, 0.1) is 5.92 Å². The summed E-state index contributed by atoms with van der Waals surface area (Å²) in [6.07, 6.45) is 4.08. The molecule has 2 heterocycles. The number of carbonyl (C=O) groups excluding carboxylic acids is 2. The lowest BCUT2D eigenvalue weighted by Gasteiger charge is -2.36. The molecule has 0 spiro atoms. The monoisotopic (exact) mass is 281 g/mol. The second kappa shape index (κ2) is 6.57. The van der Waals surface area contributed by atoms with E-state index in [1.165, 1.54) is 0 Å². The van der Waals surface area contributed by atoms with Crippen molar-refractivity contribution < 1.29 is 9.59 Å². The largest absolute Gasteiger partial charge is 0.347 e. The smallest absolute Gasteiger partial charge is 0.239 e. The lowest BCUT2D eigenvalue weighted by molar-refractivity contribution is -0.137. The second-order valence-corrected chi connectivity index (χ2v) is 6.25. The summed E-state index contributed by atoms with van der Waals surface area (Å²) < 4.78 is 0. The van der Waals surface area contributed by atoms with E-state index in [0.29, 0.717) is 5.91 Å². The van der Waals surface area contributed by atoms with Gasteiger partial charge in [0, 0.05) is 33.1 Å². The molecular formula is C15H27N3O2. The maximum Gasteiger partial charge on any atom is 0.239 e. The SMILES string of the molecule is CC(C(=O)N(C)C)N1CCC(C(=O)N2CCCC2)CC1. The predicted molar refractivity (Wildman–Crippen MR) is 78.3 cm³/mol. The Labute approximate surface area is 121 Å². The Morgan fingerprint density at radius 3 is 2.10 bits per heavy atom. The van der Waals surface area contributed by atoms with Crippen LogP contribution in [-0.2, 0) is 9.59 Å². The van der Waals surface area contributed by atoms with Gasteiger partial charge in [-0.1, -0.05) is 0 Å². The van der Waals surface area contributed by atoms with E-state index < -0.39 is 0 Å². The number of hydrogen-bond donors (Lipinski definition) is 0. The van der Waals surface area contributed by atoms with Gasteiger partial charge in [-0.25, -0.2) is 0 Å². The van der Waals surface area contributed by atoms with Crippen molar-refractivity contribution in [2.75, 3.05) is 40.3 Å². The number of piperidine rings is 1. The summed E-state index contributed by atoms with van der Waals surface area (Å²) in [7, 11) is 3.59. The average molecular weight is 281 g/mol. The van der Waals surface area contributed by atoms with Gasteiger partial charge in [-0.05, 0) is 45.7 Å². The van der Waals surface area contributed by atoms with Crippen molar-refractivity contribution in [1.29, 1.82) is 0 Å². The van der Waals surface area contributed by atoms with Crippen LogP contribution in [0.25, 0.3) is 0 Å². The van der Waals surface area contributed by atoms with Gasteiger partial charge in [-0.3, -0.25) is 14.5 Å². The molecule has 5 heteroatoms. The first kappa shape index (κ1) is 15.3. The molecule has 2 rings (SSSR count). The van der Waals surface area contributed by atoms with Gasteiger partial charge in [0.1, 0.15) is 0 Å². The fourth-order valence-corrected chi connectivity index (χ4v) is 3.26. The Balaban J connectivity index is 1.82. The Kier molecular flexibility index (Phi) is 5.02. The van der Waals surface area contributed by atoms with Crippen molar-refractivity contribution in [3.05, 3.63) is 0 Å². The van der Waals surface area contributed by atoms with E-state index in [1.807, 2.05) is 11.8 Å². The van der Waals surface area contributed by atoms with Gasteiger partial charge in [-0.2, -0.15) is 0 Å². The van der Waals surface area contributed by atoms with E-state index in [9.17, 15) is 9.59 Å². The summed E-state index contributed by atoms with van der Waals surface area (Å²) in [5.74, 6) is 0.661. The minimum atomic E-state index is -0.0761. The van der Waals surface area contributed by atoms with Crippen LogP contribution in [0.1, 0.15) is 32.6 Å². The van der Waals surface area contributed by atoms with E-state index in [2.05, 4.69) is 4.90 Å². The molecule has 5 nitrogen and oxygen atoms in total. The molecule has 2 amide bonds.